The molecule has 3 aromatic rings. The van der Waals surface area contributed by atoms with Crippen molar-refractivity contribution in [2.75, 3.05) is 0 Å². The highest BCUT2D eigenvalue weighted by Gasteiger charge is 2.08. The molecule has 0 amide bonds. The van der Waals surface area contributed by atoms with Gasteiger partial charge in [-0.15, -0.1) is 11.3 Å². The van der Waals surface area contributed by atoms with E-state index in [1.807, 2.05) is 32.9 Å². The van der Waals surface area contributed by atoms with Gasteiger partial charge in [0.15, 0.2) is 0 Å². The summed E-state index contributed by atoms with van der Waals surface area (Å²) < 4.78 is 1.59. The Labute approximate surface area is 120 Å². The van der Waals surface area contributed by atoms with Gasteiger partial charge in [-0.3, -0.25) is 9.36 Å². The fraction of sp³-hybridized carbons (Fsp3) is 0.286. The maximum absolute atomic E-state index is 12.4. The Kier molecular flexibility index (Phi) is 3.10. The predicted molar refractivity (Wildman–Crippen MR) is 79.2 cm³/mol. The van der Waals surface area contributed by atoms with E-state index in [0.717, 1.165) is 21.1 Å². The first-order valence-electron chi connectivity index (χ1n) is 6.29. The normalized spacial score (nSPS) is 11.2. The van der Waals surface area contributed by atoms with Gasteiger partial charge in [-0.05, 0) is 32.9 Å². The number of hydrogen-bond acceptors (Lipinski definition) is 5. The summed E-state index contributed by atoms with van der Waals surface area (Å²) >= 11 is 1.54. The molecule has 102 valence electrons. The van der Waals surface area contributed by atoms with Crippen molar-refractivity contribution in [1.29, 1.82) is 0 Å². The van der Waals surface area contributed by atoms with Gasteiger partial charge >= 0.3 is 0 Å². The van der Waals surface area contributed by atoms with Crippen LogP contribution in [-0.2, 0) is 6.54 Å². The first kappa shape index (κ1) is 12.9. The average molecular weight is 286 g/mol. The second kappa shape index (κ2) is 4.79. The molecule has 0 aliphatic heterocycles. The molecule has 5 nitrogen and oxygen atoms in total. The largest absolute Gasteiger partial charge is 0.293 e. The lowest BCUT2D eigenvalue weighted by Crippen LogP contribution is -2.21. The van der Waals surface area contributed by atoms with Gasteiger partial charge in [-0.1, -0.05) is 0 Å². The van der Waals surface area contributed by atoms with E-state index in [-0.39, 0.29) is 5.56 Å². The molecule has 0 radical (unpaired) electrons. The highest BCUT2D eigenvalue weighted by atomic mass is 32.1. The molecule has 0 aliphatic rings. The number of thiophene rings is 1. The molecule has 6 heteroatoms. The molecule has 0 N–H and O–H groups in total. The zero-order chi connectivity index (χ0) is 14.3. The Morgan fingerprint density at radius 2 is 2.00 bits per heavy atom. The van der Waals surface area contributed by atoms with Crippen LogP contribution in [0.5, 0.6) is 0 Å². The monoisotopic (exact) mass is 286 g/mol. The number of hydrogen-bond donors (Lipinski definition) is 0. The summed E-state index contributed by atoms with van der Waals surface area (Å²) in [6.45, 7) is 6.17. The van der Waals surface area contributed by atoms with Crippen LogP contribution in [-0.4, -0.2) is 19.5 Å². The molecule has 0 unspecified atom stereocenters. The number of fused-ring (bicyclic) bond motifs is 1. The minimum absolute atomic E-state index is 0.0201. The van der Waals surface area contributed by atoms with Gasteiger partial charge < -0.3 is 0 Å². The number of rotatable bonds is 2. The third-order valence-electron chi connectivity index (χ3n) is 2.99. The molecular weight excluding hydrogens is 272 g/mol. The lowest BCUT2D eigenvalue weighted by Gasteiger charge is -2.06. The van der Waals surface area contributed by atoms with Crippen LogP contribution in [0.4, 0.5) is 0 Å². The smallest absolute Gasteiger partial charge is 0.262 e. The molecule has 0 saturated heterocycles. The van der Waals surface area contributed by atoms with Crippen LogP contribution in [0.15, 0.2) is 23.3 Å². The second-order valence-electron chi connectivity index (χ2n) is 4.80. The van der Waals surface area contributed by atoms with E-state index in [9.17, 15) is 4.79 Å². The predicted octanol–water partition coefficient (Wildman–Crippen LogP) is 2.22. The van der Waals surface area contributed by atoms with Gasteiger partial charge in [0.2, 0.25) is 0 Å². The van der Waals surface area contributed by atoms with E-state index in [0.29, 0.717) is 17.8 Å². The molecule has 0 atom stereocenters. The van der Waals surface area contributed by atoms with Gasteiger partial charge in [0.05, 0.1) is 24.0 Å². The molecule has 0 aromatic carbocycles. The molecule has 0 saturated carbocycles. The van der Waals surface area contributed by atoms with Crippen LogP contribution >= 0.6 is 11.3 Å². The van der Waals surface area contributed by atoms with E-state index < -0.39 is 0 Å². The van der Waals surface area contributed by atoms with Gasteiger partial charge in [0, 0.05) is 10.6 Å². The Morgan fingerprint density at radius 3 is 2.75 bits per heavy atom. The fourth-order valence-electron chi connectivity index (χ4n) is 2.24. The molecule has 0 fully saturated rings. The zero-order valence-corrected chi connectivity index (χ0v) is 12.4. The van der Waals surface area contributed by atoms with Crippen LogP contribution in [0, 0.1) is 20.8 Å². The first-order chi connectivity index (χ1) is 9.52. The summed E-state index contributed by atoms with van der Waals surface area (Å²) in [6, 6.07) is 3.78. The second-order valence-corrected chi connectivity index (χ2v) is 6.04. The Morgan fingerprint density at radius 1 is 1.20 bits per heavy atom. The van der Waals surface area contributed by atoms with Crippen LogP contribution in [0.25, 0.3) is 10.2 Å². The van der Waals surface area contributed by atoms with Gasteiger partial charge in [-0.2, -0.15) is 0 Å². The van der Waals surface area contributed by atoms with Crippen molar-refractivity contribution in [2.45, 2.75) is 27.3 Å². The van der Waals surface area contributed by atoms with Crippen molar-refractivity contribution < 1.29 is 0 Å². The minimum Gasteiger partial charge on any atom is -0.293 e. The van der Waals surface area contributed by atoms with E-state index in [4.69, 9.17) is 0 Å². The zero-order valence-electron chi connectivity index (χ0n) is 11.5. The third kappa shape index (κ3) is 2.34. The van der Waals surface area contributed by atoms with E-state index in [1.54, 1.807) is 10.9 Å². The van der Waals surface area contributed by atoms with Crippen LogP contribution in [0.1, 0.15) is 22.1 Å². The summed E-state index contributed by atoms with van der Waals surface area (Å²) in [5.41, 5.74) is 1.71. The van der Waals surface area contributed by atoms with Crippen molar-refractivity contribution in [3.05, 3.63) is 50.9 Å². The molecule has 20 heavy (non-hydrogen) atoms. The quantitative estimate of drug-likeness (QED) is 0.724. The Balaban J connectivity index is 2.06. The molecule has 3 aromatic heterocycles. The maximum Gasteiger partial charge on any atom is 0.262 e. The van der Waals surface area contributed by atoms with Crippen molar-refractivity contribution in [3.63, 3.8) is 0 Å². The molecule has 0 aliphatic carbocycles. The SMILES string of the molecule is Cc1cc(Cn2cnc3sc(C)cc3c2=O)nc(C)n1. The van der Waals surface area contributed by atoms with Gasteiger partial charge in [0.1, 0.15) is 10.7 Å². The number of nitrogens with zero attached hydrogens (tertiary/aromatic N) is 4. The summed E-state index contributed by atoms with van der Waals surface area (Å²) in [5, 5.41) is 0.678. The van der Waals surface area contributed by atoms with Crippen molar-refractivity contribution >= 4 is 21.6 Å². The number of aromatic nitrogens is 4. The van der Waals surface area contributed by atoms with Crippen LogP contribution in [0.2, 0.25) is 0 Å². The lowest BCUT2D eigenvalue weighted by molar-refractivity contribution is 0.721. The van der Waals surface area contributed by atoms with E-state index in [1.165, 1.54) is 11.3 Å². The first-order valence-corrected chi connectivity index (χ1v) is 7.11. The summed E-state index contributed by atoms with van der Waals surface area (Å²) in [7, 11) is 0. The topological polar surface area (TPSA) is 60.7 Å². The third-order valence-corrected chi connectivity index (χ3v) is 3.95. The number of aryl methyl sites for hydroxylation is 3. The van der Waals surface area contributed by atoms with Crippen molar-refractivity contribution in [2.24, 2.45) is 0 Å². The Hall–Kier alpha value is -2.08. The summed E-state index contributed by atoms with van der Waals surface area (Å²) in [5.74, 6) is 0.716. The molecule has 0 bridgehead atoms. The standard InChI is InChI=1S/C14H14N4OS/c1-8-4-11(17-10(3)16-8)6-18-7-15-13-12(14(18)19)5-9(2)20-13/h4-5,7H,6H2,1-3H3. The fourth-order valence-corrected chi connectivity index (χ4v) is 3.08. The molecule has 0 spiro atoms. The van der Waals surface area contributed by atoms with Gasteiger partial charge in [-0.25, -0.2) is 15.0 Å². The average Bonchev–Trinajstić information content (AvgIpc) is 2.73. The molecule has 3 rings (SSSR count). The summed E-state index contributed by atoms with van der Waals surface area (Å²) in [6.07, 6.45) is 1.59. The minimum atomic E-state index is -0.0201. The maximum atomic E-state index is 12.4. The summed E-state index contributed by atoms with van der Waals surface area (Å²) in [4.78, 5) is 27.2. The van der Waals surface area contributed by atoms with E-state index in [2.05, 4.69) is 15.0 Å². The van der Waals surface area contributed by atoms with Crippen molar-refractivity contribution in [1.82, 2.24) is 19.5 Å². The lowest BCUT2D eigenvalue weighted by atomic mass is 10.3. The molecule has 3 heterocycles. The van der Waals surface area contributed by atoms with Crippen LogP contribution < -0.4 is 5.56 Å². The van der Waals surface area contributed by atoms with Crippen LogP contribution in [0.3, 0.4) is 0 Å². The van der Waals surface area contributed by atoms with Gasteiger partial charge in [0.25, 0.3) is 5.56 Å². The molecular formula is C14H14N4OS. The highest BCUT2D eigenvalue weighted by Crippen LogP contribution is 2.19. The Bertz CT molecular complexity index is 830. The van der Waals surface area contributed by atoms with Crippen molar-refractivity contribution in [3.8, 4) is 0 Å². The van der Waals surface area contributed by atoms with E-state index >= 15 is 0 Å². The highest BCUT2D eigenvalue weighted by molar-refractivity contribution is 7.18.